The molecule has 2 N–H and O–H groups in total. The molecule has 1 heterocycles. The summed E-state index contributed by atoms with van der Waals surface area (Å²) in [5, 5.41) is 12.2. The van der Waals surface area contributed by atoms with Crippen LogP contribution in [0.25, 0.3) is 0 Å². The van der Waals surface area contributed by atoms with E-state index in [1.54, 1.807) is 0 Å². The van der Waals surface area contributed by atoms with Crippen molar-refractivity contribution in [1.29, 1.82) is 0 Å². The molecule has 4 nitrogen and oxygen atoms in total. The number of carboxylic acids is 1. The Labute approximate surface area is 107 Å². The van der Waals surface area contributed by atoms with Gasteiger partial charge >= 0.3 is 5.97 Å². The van der Waals surface area contributed by atoms with Crippen molar-refractivity contribution in [2.24, 2.45) is 0 Å². The van der Waals surface area contributed by atoms with Gasteiger partial charge in [0.15, 0.2) is 0 Å². The highest BCUT2D eigenvalue weighted by atomic mass is 16.5. The lowest BCUT2D eigenvalue weighted by atomic mass is 10.1. The van der Waals surface area contributed by atoms with Gasteiger partial charge in [-0.05, 0) is 30.5 Å². The summed E-state index contributed by atoms with van der Waals surface area (Å²) in [7, 11) is 0. The minimum atomic E-state index is -0.804. The molecule has 1 saturated heterocycles. The van der Waals surface area contributed by atoms with Gasteiger partial charge in [0, 0.05) is 6.54 Å². The highest BCUT2D eigenvalue weighted by molar-refractivity contribution is 5.70. The van der Waals surface area contributed by atoms with E-state index in [4.69, 9.17) is 9.84 Å². The molecular formula is C14H19NO3. The highest BCUT2D eigenvalue weighted by Crippen LogP contribution is 2.14. The van der Waals surface area contributed by atoms with Crippen LogP contribution in [0.3, 0.4) is 0 Å². The van der Waals surface area contributed by atoms with Crippen LogP contribution in [0, 0.1) is 0 Å². The van der Waals surface area contributed by atoms with Crippen molar-refractivity contribution in [2.75, 3.05) is 13.1 Å². The number of carbonyl (C=O) groups is 1. The molecule has 1 aliphatic heterocycles. The van der Waals surface area contributed by atoms with Gasteiger partial charge in [-0.3, -0.25) is 4.79 Å². The number of carboxylic acid groups (broad SMARTS) is 1. The molecule has 1 aromatic carbocycles. The molecule has 98 valence electrons. The lowest BCUT2D eigenvalue weighted by molar-refractivity contribution is -0.136. The highest BCUT2D eigenvalue weighted by Gasteiger charge is 2.14. The maximum atomic E-state index is 10.8. The predicted octanol–water partition coefficient (Wildman–Crippen LogP) is 1.58. The third kappa shape index (κ3) is 3.82. The number of benzene rings is 1. The van der Waals surface area contributed by atoms with Gasteiger partial charge in [-0.2, -0.15) is 0 Å². The normalized spacial score (nSPS) is 19.7. The quantitative estimate of drug-likeness (QED) is 0.832. The maximum absolute atomic E-state index is 10.8. The van der Waals surface area contributed by atoms with Gasteiger partial charge in [0.2, 0.25) is 0 Å². The molecule has 18 heavy (non-hydrogen) atoms. The molecule has 1 aromatic rings. The molecule has 1 aliphatic rings. The minimum Gasteiger partial charge on any atom is -0.481 e. The standard InChI is InChI=1S/C14H19NO3/c16-14(17)8-11-4-1-2-5-12(11)10-18-13-6-3-7-15-9-13/h1-2,4-5,13,15H,3,6-10H2,(H,16,17). The molecule has 0 bridgehead atoms. The number of hydrogen-bond donors (Lipinski definition) is 2. The molecule has 0 radical (unpaired) electrons. The van der Waals surface area contributed by atoms with Gasteiger partial charge < -0.3 is 15.2 Å². The molecule has 1 fully saturated rings. The van der Waals surface area contributed by atoms with Crippen molar-refractivity contribution >= 4 is 5.97 Å². The number of rotatable bonds is 5. The van der Waals surface area contributed by atoms with E-state index in [-0.39, 0.29) is 12.5 Å². The van der Waals surface area contributed by atoms with Crippen molar-refractivity contribution in [1.82, 2.24) is 5.32 Å². The molecule has 0 aliphatic carbocycles. The molecule has 2 rings (SSSR count). The lowest BCUT2D eigenvalue weighted by Crippen LogP contribution is -2.35. The molecule has 4 heteroatoms. The first-order valence-electron chi connectivity index (χ1n) is 6.36. The molecule has 1 atom stereocenters. The van der Waals surface area contributed by atoms with Gasteiger partial charge in [0.25, 0.3) is 0 Å². The van der Waals surface area contributed by atoms with Crippen LogP contribution in [-0.4, -0.2) is 30.3 Å². The minimum absolute atomic E-state index is 0.0580. The zero-order valence-electron chi connectivity index (χ0n) is 10.4. The summed E-state index contributed by atoms with van der Waals surface area (Å²) < 4.78 is 5.84. The molecule has 0 saturated carbocycles. The summed E-state index contributed by atoms with van der Waals surface area (Å²) >= 11 is 0. The van der Waals surface area contributed by atoms with E-state index in [0.29, 0.717) is 6.61 Å². The number of ether oxygens (including phenoxy) is 1. The summed E-state index contributed by atoms with van der Waals surface area (Å²) in [6.45, 7) is 2.45. The third-order valence-electron chi connectivity index (χ3n) is 3.19. The predicted molar refractivity (Wildman–Crippen MR) is 68.5 cm³/mol. The Balaban J connectivity index is 1.93. The number of aliphatic carboxylic acids is 1. The van der Waals surface area contributed by atoms with E-state index < -0.39 is 5.97 Å². The van der Waals surface area contributed by atoms with Crippen LogP contribution >= 0.6 is 0 Å². The van der Waals surface area contributed by atoms with Crippen LogP contribution < -0.4 is 5.32 Å². The summed E-state index contributed by atoms with van der Waals surface area (Å²) in [6, 6.07) is 7.58. The van der Waals surface area contributed by atoms with Gasteiger partial charge in [0.05, 0.1) is 19.1 Å². The average Bonchev–Trinajstić information content (AvgIpc) is 2.38. The van der Waals surface area contributed by atoms with Crippen LogP contribution in [0.5, 0.6) is 0 Å². The van der Waals surface area contributed by atoms with Crippen molar-refractivity contribution in [3.8, 4) is 0 Å². The topological polar surface area (TPSA) is 58.6 Å². The molecule has 0 amide bonds. The first-order chi connectivity index (χ1) is 8.75. The Bertz CT molecular complexity index is 400. The van der Waals surface area contributed by atoms with Crippen LogP contribution in [0.15, 0.2) is 24.3 Å². The third-order valence-corrected chi connectivity index (χ3v) is 3.19. The second-order valence-electron chi connectivity index (χ2n) is 4.62. The number of nitrogens with one attached hydrogen (secondary N) is 1. The van der Waals surface area contributed by atoms with E-state index in [9.17, 15) is 4.79 Å². The van der Waals surface area contributed by atoms with E-state index in [0.717, 1.165) is 37.1 Å². The van der Waals surface area contributed by atoms with Crippen molar-refractivity contribution in [3.63, 3.8) is 0 Å². The molecule has 1 unspecified atom stereocenters. The Hall–Kier alpha value is -1.39. The molecule has 0 aromatic heterocycles. The summed E-state index contributed by atoms with van der Waals surface area (Å²) in [5.74, 6) is -0.804. The van der Waals surface area contributed by atoms with Crippen LogP contribution in [-0.2, 0) is 22.6 Å². The Morgan fingerprint density at radius 3 is 2.83 bits per heavy atom. The summed E-state index contributed by atoms with van der Waals surface area (Å²) in [4.78, 5) is 10.8. The lowest BCUT2D eigenvalue weighted by Gasteiger charge is -2.23. The van der Waals surface area contributed by atoms with Crippen molar-refractivity contribution in [3.05, 3.63) is 35.4 Å². The average molecular weight is 249 g/mol. The largest absolute Gasteiger partial charge is 0.481 e. The zero-order chi connectivity index (χ0) is 12.8. The number of hydrogen-bond acceptors (Lipinski definition) is 3. The fourth-order valence-electron chi connectivity index (χ4n) is 2.20. The first kappa shape index (κ1) is 13.1. The van der Waals surface area contributed by atoms with E-state index in [1.807, 2.05) is 24.3 Å². The fraction of sp³-hybridized carbons (Fsp3) is 0.500. The second kappa shape index (κ2) is 6.52. The van der Waals surface area contributed by atoms with Gasteiger partial charge in [-0.15, -0.1) is 0 Å². The SMILES string of the molecule is O=C(O)Cc1ccccc1COC1CCCNC1. The Morgan fingerprint density at radius 2 is 2.17 bits per heavy atom. The zero-order valence-corrected chi connectivity index (χ0v) is 10.4. The van der Waals surface area contributed by atoms with E-state index >= 15 is 0 Å². The van der Waals surface area contributed by atoms with E-state index in [2.05, 4.69) is 5.32 Å². The summed E-state index contributed by atoms with van der Waals surface area (Å²) in [5.41, 5.74) is 1.82. The maximum Gasteiger partial charge on any atom is 0.307 e. The monoisotopic (exact) mass is 249 g/mol. The van der Waals surface area contributed by atoms with Gasteiger partial charge in [-0.25, -0.2) is 0 Å². The van der Waals surface area contributed by atoms with Crippen LogP contribution in [0.2, 0.25) is 0 Å². The second-order valence-corrected chi connectivity index (χ2v) is 4.62. The molecule has 0 spiro atoms. The fourth-order valence-corrected chi connectivity index (χ4v) is 2.20. The van der Waals surface area contributed by atoms with Crippen molar-refractivity contribution in [2.45, 2.75) is 32.0 Å². The molecular weight excluding hydrogens is 230 g/mol. The smallest absolute Gasteiger partial charge is 0.307 e. The van der Waals surface area contributed by atoms with E-state index in [1.165, 1.54) is 0 Å². The Morgan fingerprint density at radius 1 is 1.39 bits per heavy atom. The van der Waals surface area contributed by atoms with Gasteiger partial charge in [-0.1, -0.05) is 24.3 Å². The first-order valence-corrected chi connectivity index (χ1v) is 6.36. The van der Waals surface area contributed by atoms with Crippen LogP contribution in [0.4, 0.5) is 0 Å². The van der Waals surface area contributed by atoms with Crippen molar-refractivity contribution < 1.29 is 14.6 Å². The van der Waals surface area contributed by atoms with Crippen LogP contribution in [0.1, 0.15) is 24.0 Å². The summed E-state index contributed by atoms with van der Waals surface area (Å²) in [6.07, 6.45) is 2.52. The Kier molecular flexibility index (Phi) is 4.73. The number of piperidine rings is 1. The van der Waals surface area contributed by atoms with Gasteiger partial charge in [0.1, 0.15) is 0 Å².